The fourth-order valence-corrected chi connectivity index (χ4v) is 1.25. The highest BCUT2D eigenvalue weighted by Crippen LogP contribution is 2.09. The van der Waals surface area contributed by atoms with Crippen LogP contribution in [0.2, 0.25) is 0 Å². The molecule has 0 aromatic heterocycles. The van der Waals surface area contributed by atoms with Crippen LogP contribution in [0.15, 0.2) is 36.9 Å². The molecule has 0 aliphatic carbocycles. The quantitative estimate of drug-likeness (QED) is 0.679. The van der Waals surface area contributed by atoms with Gasteiger partial charge in [-0.2, -0.15) is 0 Å². The number of carboxylic acid groups (broad SMARTS) is 1. The van der Waals surface area contributed by atoms with Crippen molar-refractivity contribution >= 4 is 23.7 Å². The van der Waals surface area contributed by atoms with E-state index in [0.29, 0.717) is 5.69 Å². The van der Waals surface area contributed by atoms with Crippen molar-refractivity contribution < 1.29 is 24.2 Å². The number of benzene rings is 1. The van der Waals surface area contributed by atoms with Gasteiger partial charge in [-0.15, -0.1) is 0 Å². The van der Waals surface area contributed by atoms with Crippen molar-refractivity contribution in [3.05, 3.63) is 42.5 Å². The maximum Gasteiger partial charge on any atom is 0.411 e. The Bertz CT molecular complexity index is 510. The van der Waals surface area contributed by atoms with Crippen molar-refractivity contribution in [2.75, 3.05) is 18.5 Å². The lowest BCUT2D eigenvalue weighted by Gasteiger charge is -2.06. The number of carboxylic acids is 1. The first-order valence-corrected chi connectivity index (χ1v) is 5.67. The molecule has 0 fully saturated rings. The van der Waals surface area contributed by atoms with E-state index in [0.717, 1.165) is 0 Å². The topological polar surface area (TPSA) is 105 Å². The van der Waals surface area contributed by atoms with Crippen LogP contribution < -0.4 is 10.6 Å². The maximum absolute atomic E-state index is 11.5. The normalized spacial score (nSPS) is 9.40. The highest BCUT2D eigenvalue weighted by Gasteiger charge is 2.08. The Morgan fingerprint density at radius 2 is 1.90 bits per heavy atom. The third-order valence-electron chi connectivity index (χ3n) is 2.13. The summed E-state index contributed by atoms with van der Waals surface area (Å²) in [5.74, 6) is -1.63. The van der Waals surface area contributed by atoms with Crippen molar-refractivity contribution in [3.8, 4) is 0 Å². The van der Waals surface area contributed by atoms with Gasteiger partial charge in [0.2, 0.25) is 0 Å². The summed E-state index contributed by atoms with van der Waals surface area (Å²) in [5.41, 5.74) is 0.741. The standard InChI is InChI=1S/C13H14N2O5/c1-2-7-20-13(19)15-10-5-3-9(4-6-10)12(18)14-8-11(16)17/h2-6H,1,7-8H2,(H,14,18)(H,15,19)(H,16,17). The van der Waals surface area contributed by atoms with Crippen LogP contribution in [0.25, 0.3) is 0 Å². The fraction of sp³-hybridized carbons (Fsp3) is 0.154. The number of ether oxygens (including phenoxy) is 1. The summed E-state index contributed by atoms with van der Waals surface area (Å²) in [4.78, 5) is 33.1. The molecule has 1 rings (SSSR count). The van der Waals surface area contributed by atoms with Crippen LogP contribution in [0.4, 0.5) is 10.5 Å². The fourth-order valence-electron chi connectivity index (χ4n) is 1.25. The monoisotopic (exact) mass is 278 g/mol. The second-order valence-electron chi connectivity index (χ2n) is 3.67. The summed E-state index contributed by atoms with van der Waals surface area (Å²) in [7, 11) is 0. The van der Waals surface area contributed by atoms with Crippen LogP contribution in [0, 0.1) is 0 Å². The Balaban J connectivity index is 2.55. The lowest BCUT2D eigenvalue weighted by Crippen LogP contribution is -2.29. The summed E-state index contributed by atoms with van der Waals surface area (Å²) in [6, 6.07) is 5.93. The van der Waals surface area contributed by atoms with Crippen LogP contribution in [0.5, 0.6) is 0 Å². The molecule has 106 valence electrons. The number of rotatable bonds is 6. The van der Waals surface area contributed by atoms with Gasteiger partial charge in [0.05, 0.1) is 0 Å². The van der Waals surface area contributed by atoms with Gasteiger partial charge in [-0.3, -0.25) is 14.9 Å². The number of aliphatic carboxylic acids is 1. The predicted octanol–water partition coefficient (Wildman–Crippen LogP) is 1.24. The Labute approximate surface area is 115 Å². The molecule has 0 unspecified atom stereocenters. The van der Waals surface area contributed by atoms with E-state index in [1.165, 1.54) is 30.3 Å². The summed E-state index contributed by atoms with van der Waals surface area (Å²) < 4.78 is 4.73. The average molecular weight is 278 g/mol. The first-order chi connectivity index (χ1) is 9.52. The largest absolute Gasteiger partial charge is 0.480 e. The van der Waals surface area contributed by atoms with E-state index in [9.17, 15) is 14.4 Å². The number of hydrogen-bond acceptors (Lipinski definition) is 4. The molecule has 1 aromatic rings. The second-order valence-corrected chi connectivity index (χ2v) is 3.67. The molecule has 0 saturated heterocycles. The van der Waals surface area contributed by atoms with Crippen molar-refractivity contribution in [2.45, 2.75) is 0 Å². The molecular weight excluding hydrogens is 264 g/mol. The van der Waals surface area contributed by atoms with Crippen molar-refractivity contribution in [1.82, 2.24) is 5.32 Å². The second kappa shape index (κ2) is 7.57. The Morgan fingerprint density at radius 3 is 2.45 bits per heavy atom. The molecule has 0 saturated carbocycles. The average Bonchev–Trinajstić information content (AvgIpc) is 2.43. The smallest absolute Gasteiger partial charge is 0.411 e. The zero-order valence-corrected chi connectivity index (χ0v) is 10.6. The van der Waals surface area contributed by atoms with Crippen LogP contribution in [0.1, 0.15) is 10.4 Å². The Morgan fingerprint density at radius 1 is 1.25 bits per heavy atom. The lowest BCUT2D eigenvalue weighted by atomic mass is 10.2. The minimum Gasteiger partial charge on any atom is -0.480 e. The number of hydrogen-bond donors (Lipinski definition) is 3. The van der Waals surface area contributed by atoms with E-state index >= 15 is 0 Å². The summed E-state index contributed by atoms with van der Waals surface area (Å²) in [6.45, 7) is 3.06. The molecule has 0 bridgehead atoms. The molecule has 7 nitrogen and oxygen atoms in total. The van der Waals surface area contributed by atoms with Crippen LogP contribution in [0.3, 0.4) is 0 Å². The molecule has 3 N–H and O–H groups in total. The van der Waals surface area contributed by atoms with E-state index in [4.69, 9.17) is 9.84 Å². The molecule has 0 atom stereocenters. The molecule has 0 spiro atoms. The number of anilines is 1. The van der Waals surface area contributed by atoms with Gasteiger partial charge >= 0.3 is 12.1 Å². The zero-order valence-electron chi connectivity index (χ0n) is 10.6. The van der Waals surface area contributed by atoms with Gasteiger partial charge in [0.15, 0.2) is 0 Å². The van der Waals surface area contributed by atoms with E-state index < -0.39 is 24.5 Å². The predicted molar refractivity (Wildman–Crippen MR) is 71.6 cm³/mol. The Hall–Kier alpha value is -2.83. The zero-order chi connectivity index (χ0) is 15.0. The number of nitrogens with one attached hydrogen (secondary N) is 2. The first kappa shape index (κ1) is 15.2. The van der Waals surface area contributed by atoms with E-state index in [1.807, 2.05) is 0 Å². The molecule has 20 heavy (non-hydrogen) atoms. The maximum atomic E-state index is 11.5. The van der Waals surface area contributed by atoms with E-state index in [-0.39, 0.29) is 12.2 Å². The molecule has 7 heteroatoms. The lowest BCUT2D eigenvalue weighted by molar-refractivity contribution is -0.135. The minimum atomic E-state index is -1.12. The minimum absolute atomic E-state index is 0.0987. The summed E-state index contributed by atoms with van der Waals surface area (Å²) in [6.07, 6.45) is 0.808. The molecule has 0 aliphatic heterocycles. The number of amides is 2. The van der Waals surface area contributed by atoms with Gasteiger partial charge in [0.1, 0.15) is 13.2 Å². The van der Waals surface area contributed by atoms with Gasteiger partial charge < -0.3 is 15.2 Å². The third kappa shape index (κ3) is 5.21. The molecule has 1 aromatic carbocycles. The highest BCUT2D eigenvalue weighted by atomic mass is 16.5. The van der Waals surface area contributed by atoms with Crippen molar-refractivity contribution in [2.24, 2.45) is 0 Å². The Kier molecular flexibility index (Phi) is 5.76. The van der Waals surface area contributed by atoms with E-state index in [1.54, 1.807) is 0 Å². The van der Waals surface area contributed by atoms with Gasteiger partial charge in [-0.25, -0.2) is 4.79 Å². The molecular formula is C13H14N2O5. The molecule has 2 amide bonds. The number of carbonyl (C=O) groups excluding carboxylic acids is 2. The van der Waals surface area contributed by atoms with Crippen LogP contribution >= 0.6 is 0 Å². The highest BCUT2D eigenvalue weighted by molar-refractivity contribution is 5.96. The SMILES string of the molecule is C=CCOC(=O)Nc1ccc(C(=O)NCC(=O)O)cc1. The van der Waals surface area contributed by atoms with Crippen LogP contribution in [-0.4, -0.2) is 36.2 Å². The summed E-state index contributed by atoms with van der Waals surface area (Å²) >= 11 is 0. The molecule has 0 radical (unpaired) electrons. The third-order valence-corrected chi connectivity index (χ3v) is 2.13. The van der Waals surface area contributed by atoms with Crippen molar-refractivity contribution in [1.29, 1.82) is 0 Å². The van der Waals surface area contributed by atoms with Gasteiger partial charge in [0.25, 0.3) is 5.91 Å². The van der Waals surface area contributed by atoms with Crippen LogP contribution in [-0.2, 0) is 9.53 Å². The van der Waals surface area contributed by atoms with Crippen molar-refractivity contribution in [3.63, 3.8) is 0 Å². The molecule has 0 heterocycles. The summed E-state index contributed by atoms with van der Waals surface area (Å²) in [5, 5.41) is 13.1. The first-order valence-electron chi connectivity index (χ1n) is 5.67. The van der Waals surface area contributed by atoms with Gasteiger partial charge in [-0.05, 0) is 24.3 Å². The number of carbonyl (C=O) groups is 3. The van der Waals surface area contributed by atoms with Gasteiger partial charge in [-0.1, -0.05) is 12.7 Å². The molecule has 0 aliphatic rings. The van der Waals surface area contributed by atoms with Gasteiger partial charge in [0, 0.05) is 11.3 Å². The van der Waals surface area contributed by atoms with E-state index in [2.05, 4.69) is 17.2 Å².